The lowest BCUT2D eigenvalue weighted by atomic mass is 10.1. The van der Waals surface area contributed by atoms with Gasteiger partial charge in [-0.2, -0.15) is 0 Å². The number of amides is 1. The number of nitrogens with zero attached hydrogens (tertiary/aromatic N) is 2. The molecule has 7 nitrogen and oxygen atoms in total. The molecule has 1 atom stereocenters. The summed E-state index contributed by atoms with van der Waals surface area (Å²) in [6.45, 7) is 2.37. The highest BCUT2D eigenvalue weighted by Gasteiger charge is 2.18. The number of carbonyl (C=O) groups excluding carboxylic acids is 1. The molecule has 0 spiro atoms. The van der Waals surface area contributed by atoms with E-state index in [1.54, 1.807) is 12.1 Å². The minimum absolute atomic E-state index is 0.125. The Morgan fingerprint density at radius 3 is 2.40 bits per heavy atom. The van der Waals surface area contributed by atoms with Gasteiger partial charge in [0.2, 0.25) is 0 Å². The number of halogens is 2. The van der Waals surface area contributed by atoms with Gasteiger partial charge in [-0.25, -0.2) is 0 Å². The molecule has 2 heterocycles. The molecule has 0 aromatic carbocycles. The van der Waals surface area contributed by atoms with E-state index in [2.05, 4.69) is 20.6 Å². The molecule has 0 unspecified atom stereocenters. The largest absolute Gasteiger partial charge is 0.480 e. The number of carbonyl (C=O) groups is 2. The third-order valence-electron chi connectivity index (χ3n) is 3.32. The second-order valence-corrected chi connectivity index (χ2v) is 5.94. The van der Waals surface area contributed by atoms with Gasteiger partial charge in [-0.05, 0) is 18.7 Å². The van der Waals surface area contributed by atoms with E-state index >= 15 is 0 Å². The average molecular weight is 383 g/mol. The molecule has 3 N–H and O–H groups in total. The highest BCUT2D eigenvalue weighted by Crippen LogP contribution is 2.24. The lowest BCUT2D eigenvalue weighted by molar-refractivity contribution is -0.139. The zero-order chi connectivity index (χ0) is 18.4. The minimum atomic E-state index is -0.942. The first kappa shape index (κ1) is 19.1. The standard InChI is InChI=1S/C16H16Cl2N4O3/c1-2-20-13(16(24)25)5-9-3-4-10(6-21-9)22-15(23)14-11(17)7-19-8-12(14)18/h3-4,6-8,13,20H,2,5H2,1H3,(H,22,23)(H,24,25)/t13-/m0/s1. The number of likely N-dealkylation sites (N-methyl/N-ethyl adjacent to an activating group) is 1. The number of hydrogen-bond donors (Lipinski definition) is 3. The molecule has 132 valence electrons. The maximum Gasteiger partial charge on any atom is 0.321 e. The summed E-state index contributed by atoms with van der Waals surface area (Å²) in [7, 11) is 0. The average Bonchev–Trinajstić information content (AvgIpc) is 2.56. The van der Waals surface area contributed by atoms with Gasteiger partial charge in [0, 0.05) is 24.5 Å². The van der Waals surface area contributed by atoms with E-state index in [0.717, 1.165) is 0 Å². The molecule has 9 heteroatoms. The number of rotatable bonds is 7. The van der Waals surface area contributed by atoms with Crippen molar-refractivity contribution in [3.05, 3.63) is 52.0 Å². The summed E-state index contributed by atoms with van der Waals surface area (Å²) in [5.41, 5.74) is 1.15. The molecule has 1 amide bonds. The van der Waals surface area contributed by atoms with Crippen molar-refractivity contribution in [2.45, 2.75) is 19.4 Å². The van der Waals surface area contributed by atoms with Gasteiger partial charge >= 0.3 is 5.97 Å². The number of pyridine rings is 2. The fraction of sp³-hybridized carbons (Fsp3) is 0.250. The first-order valence-electron chi connectivity index (χ1n) is 7.43. The van der Waals surface area contributed by atoms with Crippen molar-refractivity contribution >= 4 is 40.8 Å². The normalized spacial score (nSPS) is 11.8. The summed E-state index contributed by atoms with van der Waals surface area (Å²) < 4.78 is 0. The molecule has 0 fully saturated rings. The lowest BCUT2D eigenvalue weighted by Gasteiger charge is -2.13. The van der Waals surface area contributed by atoms with Crippen LogP contribution in [0.3, 0.4) is 0 Å². The Morgan fingerprint density at radius 1 is 1.20 bits per heavy atom. The molecule has 0 radical (unpaired) electrons. The molecule has 0 aliphatic heterocycles. The number of carboxylic acids is 1. The third kappa shape index (κ3) is 5.12. The molecular weight excluding hydrogens is 367 g/mol. The van der Waals surface area contributed by atoms with E-state index in [-0.39, 0.29) is 22.0 Å². The summed E-state index contributed by atoms with van der Waals surface area (Å²) in [6.07, 6.45) is 4.34. The fourth-order valence-corrected chi connectivity index (χ4v) is 2.68. The predicted molar refractivity (Wildman–Crippen MR) is 95.3 cm³/mol. The smallest absolute Gasteiger partial charge is 0.321 e. The van der Waals surface area contributed by atoms with E-state index in [1.807, 2.05) is 6.92 Å². The Hall–Kier alpha value is -2.22. The van der Waals surface area contributed by atoms with Crippen molar-refractivity contribution in [3.8, 4) is 0 Å². The first-order valence-corrected chi connectivity index (χ1v) is 8.19. The molecule has 0 aliphatic rings. The van der Waals surface area contributed by atoms with Gasteiger partial charge in [0.15, 0.2) is 0 Å². The van der Waals surface area contributed by atoms with Crippen LogP contribution in [-0.2, 0) is 11.2 Å². The van der Waals surface area contributed by atoms with E-state index in [9.17, 15) is 9.59 Å². The summed E-state index contributed by atoms with van der Waals surface area (Å²) in [6, 6.07) is 2.57. The van der Waals surface area contributed by atoms with Gasteiger partial charge < -0.3 is 15.7 Å². The van der Waals surface area contributed by atoms with Crippen molar-refractivity contribution < 1.29 is 14.7 Å². The molecule has 0 aliphatic carbocycles. The first-order chi connectivity index (χ1) is 11.9. The van der Waals surface area contributed by atoms with E-state index < -0.39 is 17.9 Å². The Kier molecular flexibility index (Phi) is 6.69. The lowest BCUT2D eigenvalue weighted by Crippen LogP contribution is -2.38. The quantitative estimate of drug-likeness (QED) is 0.679. The van der Waals surface area contributed by atoms with Gasteiger partial charge in [-0.3, -0.25) is 19.6 Å². The predicted octanol–water partition coefficient (Wildman–Crippen LogP) is 2.64. The maximum absolute atomic E-state index is 12.3. The summed E-state index contributed by atoms with van der Waals surface area (Å²) in [5, 5.41) is 14.9. The molecular formula is C16H16Cl2N4O3. The second-order valence-electron chi connectivity index (χ2n) is 5.12. The Balaban J connectivity index is 2.07. The highest BCUT2D eigenvalue weighted by molar-refractivity contribution is 6.40. The van der Waals surface area contributed by atoms with Crippen molar-refractivity contribution in [2.24, 2.45) is 0 Å². The van der Waals surface area contributed by atoms with Crippen LogP contribution in [0.25, 0.3) is 0 Å². The number of carboxylic acid groups (broad SMARTS) is 1. The Labute approximate surface area is 154 Å². The monoisotopic (exact) mass is 382 g/mol. The third-order valence-corrected chi connectivity index (χ3v) is 3.90. The van der Waals surface area contributed by atoms with Crippen LogP contribution < -0.4 is 10.6 Å². The zero-order valence-corrected chi connectivity index (χ0v) is 14.8. The molecule has 0 saturated carbocycles. The van der Waals surface area contributed by atoms with Crippen molar-refractivity contribution in [3.63, 3.8) is 0 Å². The van der Waals surface area contributed by atoms with Crippen molar-refractivity contribution in [1.29, 1.82) is 0 Å². The van der Waals surface area contributed by atoms with Crippen molar-refractivity contribution in [2.75, 3.05) is 11.9 Å². The van der Waals surface area contributed by atoms with Gasteiger partial charge in [0.1, 0.15) is 6.04 Å². The van der Waals surface area contributed by atoms with Gasteiger partial charge in [0.05, 0.1) is 27.5 Å². The van der Waals surface area contributed by atoms with Crippen LogP contribution in [0.2, 0.25) is 10.0 Å². The minimum Gasteiger partial charge on any atom is -0.480 e. The van der Waals surface area contributed by atoms with Crippen LogP contribution >= 0.6 is 23.2 Å². The van der Waals surface area contributed by atoms with E-state index in [0.29, 0.717) is 17.9 Å². The molecule has 2 aromatic heterocycles. The summed E-state index contributed by atoms with van der Waals surface area (Å²) >= 11 is 11.9. The molecule has 0 bridgehead atoms. The molecule has 2 rings (SSSR count). The zero-order valence-electron chi connectivity index (χ0n) is 13.3. The van der Waals surface area contributed by atoms with Crippen LogP contribution in [0.5, 0.6) is 0 Å². The number of hydrogen-bond acceptors (Lipinski definition) is 5. The number of anilines is 1. The maximum atomic E-state index is 12.3. The Bertz CT molecular complexity index is 748. The van der Waals surface area contributed by atoms with Crippen LogP contribution in [0.4, 0.5) is 5.69 Å². The van der Waals surface area contributed by atoms with Gasteiger partial charge in [-0.15, -0.1) is 0 Å². The van der Waals surface area contributed by atoms with Crippen molar-refractivity contribution in [1.82, 2.24) is 15.3 Å². The molecule has 25 heavy (non-hydrogen) atoms. The Morgan fingerprint density at radius 2 is 1.88 bits per heavy atom. The van der Waals surface area contributed by atoms with Crippen LogP contribution in [0, 0.1) is 0 Å². The van der Waals surface area contributed by atoms with Crippen LogP contribution in [0.1, 0.15) is 23.0 Å². The SMILES string of the molecule is CCN[C@@H](Cc1ccc(NC(=O)c2c(Cl)cncc2Cl)cn1)C(=O)O. The number of nitrogens with one attached hydrogen (secondary N) is 2. The summed E-state index contributed by atoms with van der Waals surface area (Å²) in [4.78, 5) is 31.4. The topological polar surface area (TPSA) is 104 Å². The number of aromatic nitrogens is 2. The number of aliphatic carboxylic acids is 1. The summed E-state index contributed by atoms with van der Waals surface area (Å²) in [5.74, 6) is -1.42. The van der Waals surface area contributed by atoms with E-state index in [4.69, 9.17) is 28.3 Å². The van der Waals surface area contributed by atoms with E-state index in [1.165, 1.54) is 18.6 Å². The fourth-order valence-electron chi connectivity index (χ4n) is 2.14. The van der Waals surface area contributed by atoms with Gasteiger partial charge in [-0.1, -0.05) is 30.1 Å². The highest BCUT2D eigenvalue weighted by atomic mass is 35.5. The second kappa shape index (κ2) is 8.75. The van der Waals surface area contributed by atoms with Gasteiger partial charge in [0.25, 0.3) is 5.91 Å². The molecule has 0 saturated heterocycles. The van der Waals surface area contributed by atoms with Crippen LogP contribution in [0.15, 0.2) is 30.7 Å². The molecule has 2 aromatic rings. The van der Waals surface area contributed by atoms with Crippen LogP contribution in [-0.4, -0.2) is 39.5 Å².